The predicted octanol–water partition coefficient (Wildman–Crippen LogP) is 3.95. The number of alkyl halides is 1. The van der Waals surface area contributed by atoms with Gasteiger partial charge in [0, 0.05) is 24.0 Å². The van der Waals surface area contributed by atoms with Crippen LogP contribution in [0.25, 0.3) is 0 Å². The predicted molar refractivity (Wildman–Crippen MR) is 83.7 cm³/mol. The number of carbonyl (C=O) groups is 1. The van der Waals surface area contributed by atoms with Crippen molar-refractivity contribution in [2.45, 2.75) is 39.7 Å². The molecular formula is C16H24ClNO2. The maximum atomic E-state index is 12.4. The molecule has 0 N–H and O–H groups in total. The molecule has 0 atom stereocenters. The second-order valence-corrected chi connectivity index (χ2v) is 5.39. The molecule has 1 aromatic rings. The maximum absolute atomic E-state index is 12.4. The quantitative estimate of drug-likeness (QED) is 0.537. The van der Waals surface area contributed by atoms with Crippen molar-refractivity contribution in [2.24, 2.45) is 0 Å². The second kappa shape index (κ2) is 8.85. The lowest BCUT2D eigenvalue weighted by Crippen LogP contribution is -2.38. The summed E-state index contributed by atoms with van der Waals surface area (Å²) in [7, 11) is 0. The third-order valence-electron chi connectivity index (χ3n) is 3.08. The summed E-state index contributed by atoms with van der Waals surface area (Å²) in [6.45, 7) is 7.39. The van der Waals surface area contributed by atoms with Gasteiger partial charge in [0.05, 0.1) is 6.61 Å². The number of nitrogens with zero attached hydrogens (tertiary/aromatic N) is 1. The van der Waals surface area contributed by atoms with Crippen molar-refractivity contribution in [3.8, 4) is 5.75 Å². The number of hydrogen-bond donors (Lipinski definition) is 0. The molecule has 0 saturated heterocycles. The summed E-state index contributed by atoms with van der Waals surface area (Å²) in [6, 6.07) is 7.46. The van der Waals surface area contributed by atoms with Gasteiger partial charge in [-0.25, -0.2) is 0 Å². The van der Waals surface area contributed by atoms with E-state index in [2.05, 4.69) is 6.92 Å². The lowest BCUT2D eigenvalue weighted by atomic mass is 10.1. The van der Waals surface area contributed by atoms with Crippen LogP contribution >= 0.6 is 11.6 Å². The number of benzene rings is 1. The molecule has 1 rings (SSSR count). The first-order chi connectivity index (χ1) is 9.60. The second-order valence-electron chi connectivity index (χ2n) is 5.01. The van der Waals surface area contributed by atoms with Gasteiger partial charge in [0.1, 0.15) is 5.75 Å². The van der Waals surface area contributed by atoms with E-state index in [9.17, 15) is 4.79 Å². The molecule has 0 fully saturated rings. The zero-order valence-corrected chi connectivity index (χ0v) is 13.3. The third-order valence-corrected chi connectivity index (χ3v) is 3.25. The van der Waals surface area contributed by atoms with E-state index >= 15 is 0 Å². The van der Waals surface area contributed by atoms with Gasteiger partial charge < -0.3 is 9.64 Å². The van der Waals surface area contributed by atoms with Crippen LogP contribution in [0.5, 0.6) is 5.75 Å². The molecule has 0 aromatic heterocycles. The van der Waals surface area contributed by atoms with E-state index in [0.717, 1.165) is 18.6 Å². The Balaban J connectivity index is 2.68. The van der Waals surface area contributed by atoms with Gasteiger partial charge in [-0.05, 0) is 44.5 Å². The van der Waals surface area contributed by atoms with E-state index in [-0.39, 0.29) is 11.9 Å². The zero-order valence-electron chi connectivity index (χ0n) is 12.6. The number of rotatable bonds is 8. The standard InChI is InChI=1S/C16H24ClNO2/c1-4-5-12-20-15-8-6-14(7-9-15)16(19)18(11-10-17)13(2)3/h6-9,13H,4-5,10-12H2,1-3H3. The molecule has 112 valence electrons. The highest BCUT2D eigenvalue weighted by Crippen LogP contribution is 2.15. The summed E-state index contributed by atoms with van der Waals surface area (Å²) >= 11 is 5.75. The van der Waals surface area contributed by atoms with Crippen LogP contribution in [-0.2, 0) is 0 Å². The van der Waals surface area contributed by atoms with E-state index in [4.69, 9.17) is 16.3 Å². The average molecular weight is 298 g/mol. The van der Waals surface area contributed by atoms with E-state index in [0.29, 0.717) is 24.6 Å². The summed E-state index contributed by atoms with van der Waals surface area (Å²) in [5.41, 5.74) is 0.673. The molecule has 0 aliphatic rings. The van der Waals surface area contributed by atoms with Gasteiger partial charge in [-0.15, -0.1) is 11.6 Å². The largest absolute Gasteiger partial charge is 0.494 e. The lowest BCUT2D eigenvalue weighted by Gasteiger charge is -2.26. The molecule has 0 radical (unpaired) electrons. The van der Waals surface area contributed by atoms with Crippen LogP contribution in [0.15, 0.2) is 24.3 Å². The summed E-state index contributed by atoms with van der Waals surface area (Å²) in [5.74, 6) is 1.27. The minimum Gasteiger partial charge on any atom is -0.494 e. The van der Waals surface area contributed by atoms with Gasteiger partial charge in [-0.1, -0.05) is 13.3 Å². The van der Waals surface area contributed by atoms with Crippen molar-refractivity contribution in [1.29, 1.82) is 0 Å². The van der Waals surface area contributed by atoms with Crippen LogP contribution in [0.1, 0.15) is 44.0 Å². The monoisotopic (exact) mass is 297 g/mol. The molecule has 20 heavy (non-hydrogen) atoms. The molecular weight excluding hydrogens is 274 g/mol. The highest BCUT2D eigenvalue weighted by Gasteiger charge is 2.17. The number of carbonyl (C=O) groups excluding carboxylic acids is 1. The van der Waals surface area contributed by atoms with Crippen LogP contribution in [0.3, 0.4) is 0 Å². The first-order valence-corrected chi connectivity index (χ1v) is 7.73. The molecule has 0 aliphatic carbocycles. The minimum absolute atomic E-state index is 0.0146. The first-order valence-electron chi connectivity index (χ1n) is 7.20. The van der Waals surface area contributed by atoms with Crippen LogP contribution in [0.4, 0.5) is 0 Å². The normalized spacial score (nSPS) is 10.7. The van der Waals surface area contributed by atoms with Crippen LogP contribution in [0, 0.1) is 0 Å². The molecule has 0 unspecified atom stereocenters. The SMILES string of the molecule is CCCCOc1ccc(C(=O)N(CCCl)C(C)C)cc1. The maximum Gasteiger partial charge on any atom is 0.254 e. The van der Waals surface area contributed by atoms with Gasteiger partial charge in [0.15, 0.2) is 0 Å². The summed E-state index contributed by atoms with van der Waals surface area (Å²) < 4.78 is 5.59. The summed E-state index contributed by atoms with van der Waals surface area (Å²) in [6.07, 6.45) is 2.15. The molecule has 0 spiro atoms. The number of unbranched alkanes of at least 4 members (excludes halogenated alkanes) is 1. The van der Waals surface area contributed by atoms with Crippen LogP contribution in [-0.4, -0.2) is 35.9 Å². The van der Waals surface area contributed by atoms with Crippen molar-refractivity contribution in [1.82, 2.24) is 4.90 Å². The van der Waals surface area contributed by atoms with E-state index < -0.39 is 0 Å². The van der Waals surface area contributed by atoms with Gasteiger partial charge in [-0.2, -0.15) is 0 Å². The average Bonchev–Trinajstić information content (AvgIpc) is 2.45. The van der Waals surface area contributed by atoms with Crippen LogP contribution < -0.4 is 4.74 Å². The number of halogens is 1. The fourth-order valence-corrected chi connectivity index (χ4v) is 2.06. The number of hydrogen-bond acceptors (Lipinski definition) is 2. The fourth-order valence-electron chi connectivity index (χ4n) is 1.88. The topological polar surface area (TPSA) is 29.5 Å². The van der Waals surface area contributed by atoms with Gasteiger partial charge >= 0.3 is 0 Å². The molecule has 0 saturated carbocycles. The van der Waals surface area contributed by atoms with E-state index in [1.807, 2.05) is 38.1 Å². The Hall–Kier alpha value is -1.22. The lowest BCUT2D eigenvalue weighted by molar-refractivity contribution is 0.0718. The van der Waals surface area contributed by atoms with Crippen molar-refractivity contribution in [3.05, 3.63) is 29.8 Å². The van der Waals surface area contributed by atoms with E-state index in [1.54, 1.807) is 4.90 Å². The number of ether oxygens (including phenoxy) is 1. The Bertz CT molecular complexity index is 403. The third kappa shape index (κ3) is 5.04. The fraction of sp³-hybridized carbons (Fsp3) is 0.562. The van der Waals surface area contributed by atoms with E-state index in [1.165, 1.54) is 0 Å². The molecule has 1 amide bonds. The van der Waals surface area contributed by atoms with Crippen LogP contribution in [0.2, 0.25) is 0 Å². The molecule has 4 heteroatoms. The van der Waals surface area contributed by atoms with Gasteiger partial charge in [0.25, 0.3) is 5.91 Å². The van der Waals surface area contributed by atoms with Crippen molar-refractivity contribution in [3.63, 3.8) is 0 Å². The Morgan fingerprint density at radius 3 is 2.45 bits per heavy atom. The zero-order chi connectivity index (χ0) is 15.0. The minimum atomic E-state index is 0.0146. The Kier molecular flexibility index (Phi) is 7.45. The van der Waals surface area contributed by atoms with Crippen molar-refractivity contribution in [2.75, 3.05) is 19.0 Å². The van der Waals surface area contributed by atoms with Gasteiger partial charge in [-0.3, -0.25) is 4.79 Å². The van der Waals surface area contributed by atoms with Crippen molar-refractivity contribution < 1.29 is 9.53 Å². The summed E-state index contributed by atoms with van der Waals surface area (Å²) in [4.78, 5) is 14.2. The first kappa shape index (κ1) is 16.8. The Labute approximate surface area is 126 Å². The summed E-state index contributed by atoms with van der Waals surface area (Å²) in [5, 5.41) is 0. The molecule has 1 aromatic carbocycles. The van der Waals surface area contributed by atoms with Crippen molar-refractivity contribution >= 4 is 17.5 Å². The molecule has 3 nitrogen and oxygen atoms in total. The molecule has 0 heterocycles. The molecule has 0 bridgehead atoms. The van der Waals surface area contributed by atoms with Gasteiger partial charge in [0.2, 0.25) is 0 Å². The number of amides is 1. The molecule has 0 aliphatic heterocycles. The highest BCUT2D eigenvalue weighted by molar-refractivity contribution is 6.18. The Morgan fingerprint density at radius 1 is 1.30 bits per heavy atom. The highest BCUT2D eigenvalue weighted by atomic mass is 35.5. The smallest absolute Gasteiger partial charge is 0.254 e. The Morgan fingerprint density at radius 2 is 1.95 bits per heavy atom.